The van der Waals surface area contributed by atoms with Gasteiger partial charge < -0.3 is 10.1 Å². The van der Waals surface area contributed by atoms with Crippen LogP contribution in [-0.4, -0.2) is 24.5 Å². The van der Waals surface area contributed by atoms with Gasteiger partial charge in [0.1, 0.15) is 5.75 Å². The second-order valence-electron chi connectivity index (χ2n) is 5.93. The summed E-state index contributed by atoms with van der Waals surface area (Å²) in [6.07, 6.45) is 6.13. The second-order valence-corrected chi connectivity index (χ2v) is 5.93. The molecular weight excluding hydrogens is 250 g/mol. The van der Waals surface area contributed by atoms with Crippen molar-refractivity contribution in [1.29, 1.82) is 0 Å². The van der Waals surface area contributed by atoms with Gasteiger partial charge >= 0.3 is 0 Å². The summed E-state index contributed by atoms with van der Waals surface area (Å²) in [7, 11) is 0. The third-order valence-corrected chi connectivity index (χ3v) is 4.61. The van der Waals surface area contributed by atoms with Gasteiger partial charge in [0.15, 0.2) is 5.78 Å². The summed E-state index contributed by atoms with van der Waals surface area (Å²) in [6.45, 7) is 2.58. The van der Waals surface area contributed by atoms with Gasteiger partial charge in [0.05, 0.1) is 12.6 Å². The number of benzene rings is 1. The SMILES string of the molecule is CCOc1cccc(C(=O)C2CC3CCCCC3N2)c1. The molecule has 0 bridgehead atoms. The van der Waals surface area contributed by atoms with Gasteiger partial charge in [-0.15, -0.1) is 0 Å². The zero-order valence-corrected chi connectivity index (χ0v) is 12.1. The summed E-state index contributed by atoms with van der Waals surface area (Å²) in [5, 5.41) is 3.55. The van der Waals surface area contributed by atoms with Crippen LogP contribution < -0.4 is 10.1 Å². The van der Waals surface area contributed by atoms with Crippen LogP contribution in [0, 0.1) is 5.92 Å². The van der Waals surface area contributed by atoms with E-state index in [2.05, 4.69) is 5.32 Å². The van der Waals surface area contributed by atoms with Crippen LogP contribution in [0.3, 0.4) is 0 Å². The van der Waals surface area contributed by atoms with Crippen LogP contribution in [0.5, 0.6) is 5.75 Å². The number of ether oxygens (including phenoxy) is 1. The Bertz CT molecular complexity index is 472. The topological polar surface area (TPSA) is 38.3 Å². The molecule has 0 amide bonds. The van der Waals surface area contributed by atoms with Crippen molar-refractivity contribution in [2.45, 2.75) is 51.1 Å². The monoisotopic (exact) mass is 273 g/mol. The van der Waals surface area contributed by atoms with E-state index in [1.54, 1.807) is 0 Å². The van der Waals surface area contributed by atoms with Gasteiger partial charge in [-0.05, 0) is 44.2 Å². The van der Waals surface area contributed by atoms with Crippen molar-refractivity contribution in [1.82, 2.24) is 5.32 Å². The van der Waals surface area contributed by atoms with Crippen LogP contribution in [0.2, 0.25) is 0 Å². The van der Waals surface area contributed by atoms with E-state index in [-0.39, 0.29) is 11.8 Å². The van der Waals surface area contributed by atoms with E-state index in [1.807, 2.05) is 31.2 Å². The number of carbonyl (C=O) groups excluding carboxylic acids is 1. The molecule has 0 radical (unpaired) electrons. The average Bonchev–Trinajstić information content (AvgIpc) is 2.91. The summed E-state index contributed by atoms with van der Waals surface area (Å²) < 4.78 is 5.48. The van der Waals surface area contributed by atoms with Crippen molar-refractivity contribution >= 4 is 5.78 Å². The lowest BCUT2D eigenvalue weighted by molar-refractivity contribution is 0.0948. The van der Waals surface area contributed by atoms with Crippen molar-refractivity contribution < 1.29 is 9.53 Å². The van der Waals surface area contributed by atoms with Gasteiger partial charge in [-0.1, -0.05) is 25.0 Å². The molecule has 1 N–H and O–H groups in total. The van der Waals surface area contributed by atoms with Crippen LogP contribution >= 0.6 is 0 Å². The maximum Gasteiger partial charge on any atom is 0.179 e. The molecule has 1 aromatic rings. The number of nitrogens with one attached hydrogen (secondary N) is 1. The highest BCUT2D eigenvalue weighted by atomic mass is 16.5. The Kier molecular flexibility index (Phi) is 4.06. The molecule has 20 heavy (non-hydrogen) atoms. The zero-order chi connectivity index (χ0) is 13.9. The molecule has 3 nitrogen and oxygen atoms in total. The Labute approximate surface area is 120 Å². The first-order chi connectivity index (χ1) is 9.78. The Hall–Kier alpha value is -1.35. The molecule has 1 saturated carbocycles. The van der Waals surface area contributed by atoms with E-state index in [0.29, 0.717) is 18.6 Å². The first-order valence-electron chi connectivity index (χ1n) is 7.81. The normalized spacial score (nSPS) is 28.9. The number of hydrogen-bond acceptors (Lipinski definition) is 3. The molecule has 1 aliphatic heterocycles. The van der Waals surface area contributed by atoms with Gasteiger partial charge in [-0.25, -0.2) is 0 Å². The van der Waals surface area contributed by atoms with Crippen LogP contribution in [-0.2, 0) is 0 Å². The molecule has 108 valence electrons. The first-order valence-corrected chi connectivity index (χ1v) is 7.81. The highest BCUT2D eigenvalue weighted by molar-refractivity contribution is 6.00. The Balaban J connectivity index is 1.71. The van der Waals surface area contributed by atoms with Crippen LogP contribution in [0.25, 0.3) is 0 Å². The fraction of sp³-hybridized carbons (Fsp3) is 0.588. The van der Waals surface area contributed by atoms with Gasteiger partial charge in [0.2, 0.25) is 0 Å². The largest absolute Gasteiger partial charge is 0.494 e. The van der Waals surface area contributed by atoms with E-state index >= 15 is 0 Å². The number of carbonyl (C=O) groups is 1. The minimum Gasteiger partial charge on any atom is -0.494 e. The molecule has 3 atom stereocenters. The number of Topliss-reactive ketones (excluding diaryl/α,β-unsaturated/α-hetero) is 1. The number of fused-ring (bicyclic) bond motifs is 1. The average molecular weight is 273 g/mol. The van der Waals surface area contributed by atoms with Gasteiger partial charge in [-0.3, -0.25) is 4.79 Å². The lowest BCUT2D eigenvalue weighted by Crippen LogP contribution is -2.37. The predicted molar refractivity (Wildman–Crippen MR) is 79.2 cm³/mol. The highest BCUT2D eigenvalue weighted by Gasteiger charge is 2.38. The highest BCUT2D eigenvalue weighted by Crippen LogP contribution is 2.34. The number of rotatable bonds is 4. The molecule has 1 saturated heterocycles. The van der Waals surface area contributed by atoms with Crippen LogP contribution in [0.4, 0.5) is 0 Å². The molecule has 1 aromatic carbocycles. The van der Waals surface area contributed by atoms with Crippen LogP contribution in [0.15, 0.2) is 24.3 Å². The summed E-state index contributed by atoms with van der Waals surface area (Å²) in [4.78, 5) is 12.6. The molecule has 2 aliphatic rings. The maximum absolute atomic E-state index is 12.6. The fourth-order valence-corrected chi connectivity index (χ4v) is 3.63. The molecule has 3 rings (SSSR count). The van der Waals surface area contributed by atoms with Gasteiger partial charge in [-0.2, -0.15) is 0 Å². The number of ketones is 1. The van der Waals surface area contributed by atoms with Crippen molar-refractivity contribution in [3.8, 4) is 5.75 Å². The minimum absolute atomic E-state index is 0.0000217. The summed E-state index contributed by atoms with van der Waals surface area (Å²) in [5.74, 6) is 1.71. The third-order valence-electron chi connectivity index (χ3n) is 4.61. The molecule has 1 heterocycles. The predicted octanol–water partition coefficient (Wildman–Crippen LogP) is 3.19. The molecule has 0 aromatic heterocycles. The van der Waals surface area contributed by atoms with Crippen molar-refractivity contribution in [2.75, 3.05) is 6.61 Å². The maximum atomic E-state index is 12.6. The van der Waals surface area contributed by atoms with Crippen molar-refractivity contribution in [2.24, 2.45) is 5.92 Å². The smallest absolute Gasteiger partial charge is 0.179 e. The summed E-state index contributed by atoms with van der Waals surface area (Å²) >= 11 is 0. The Morgan fingerprint density at radius 1 is 1.35 bits per heavy atom. The quantitative estimate of drug-likeness (QED) is 0.856. The molecule has 2 fully saturated rings. The van der Waals surface area contributed by atoms with E-state index < -0.39 is 0 Å². The summed E-state index contributed by atoms with van der Waals surface area (Å²) in [6, 6.07) is 8.14. The minimum atomic E-state index is -0.0000217. The molecule has 1 aliphatic carbocycles. The summed E-state index contributed by atoms with van der Waals surface area (Å²) in [5.41, 5.74) is 0.770. The Morgan fingerprint density at radius 3 is 3.00 bits per heavy atom. The second kappa shape index (κ2) is 5.96. The molecule has 0 spiro atoms. The number of hydrogen-bond donors (Lipinski definition) is 1. The van der Waals surface area contributed by atoms with Crippen molar-refractivity contribution in [3.63, 3.8) is 0 Å². The van der Waals surface area contributed by atoms with E-state index in [9.17, 15) is 4.79 Å². The lowest BCUT2D eigenvalue weighted by Gasteiger charge is -2.24. The first kappa shape index (κ1) is 13.6. The zero-order valence-electron chi connectivity index (χ0n) is 12.1. The molecule has 3 unspecified atom stereocenters. The fourth-order valence-electron chi connectivity index (χ4n) is 3.63. The standard InChI is InChI=1S/C17H23NO2/c1-2-20-14-8-5-7-13(10-14)17(19)16-11-12-6-3-4-9-15(12)18-16/h5,7-8,10,12,15-16,18H,2-4,6,9,11H2,1H3. The molecule has 3 heteroatoms. The third kappa shape index (κ3) is 2.73. The van der Waals surface area contributed by atoms with E-state index in [4.69, 9.17) is 4.74 Å². The van der Waals surface area contributed by atoms with E-state index in [1.165, 1.54) is 25.7 Å². The van der Waals surface area contributed by atoms with Gasteiger partial charge in [0.25, 0.3) is 0 Å². The molecular formula is C17H23NO2. The van der Waals surface area contributed by atoms with Crippen LogP contribution in [0.1, 0.15) is 49.4 Å². The Morgan fingerprint density at radius 2 is 2.20 bits per heavy atom. The lowest BCUT2D eigenvalue weighted by atomic mass is 9.84. The van der Waals surface area contributed by atoms with Crippen molar-refractivity contribution in [3.05, 3.63) is 29.8 Å². The van der Waals surface area contributed by atoms with Gasteiger partial charge in [0, 0.05) is 11.6 Å². The van der Waals surface area contributed by atoms with E-state index in [0.717, 1.165) is 17.7 Å².